The summed E-state index contributed by atoms with van der Waals surface area (Å²) in [5, 5.41) is 6.21. The van der Waals surface area contributed by atoms with Gasteiger partial charge in [-0.3, -0.25) is 0 Å². The predicted octanol–water partition coefficient (Wildman–Crippen LogP) is 4.60. The number of hydrogen-bond donors (Lipinski definition) is 1. The lowest BCUT2D eigenvalue weighted by Crippen LogP contribution is -2.04. The molecule has 0 atom stereocenters. The molecule has 3 aromatic rings. The molecule has 3 rings (SSSR count). The lowest BCUT2D eigenvalue weighted by Gasteiger charge is -2.02. The molecule has 4 heteroatoms. The Morgan fingerprint density at radius 1 is 1.00 bits per heavy atom. The summed E-state index contributed by atoms with van der Waals surface area (Å²) in [7, 11) is 0. The van der Waals surface area contributed by atoms with E-state index in [0.717, 1.165) is 29.4 Å². The fourth-order valence-electron chi connectivity index (χ4n) is 2.07. The Hall–Kier alpha value is -2.20. The van der Waals surface area contributed by atoms with Gasteiger partial charge in [0, 0.05) is 17.5 Å². The van der Waals surface area contributed by atoms with Crippen molar-refractivity contribution in [3.8, 4) is 11.3 Å². The molecule has 0 spiro atoms. The quantitative estimate of drug-likeness (QED) is 0.744. The number of benzene rings is 2. The number of halogens is 1. The molecule has 0 aliphatic rings. The van der Waals surface area contributed by atoms with Crippen molar-refractivity contribution in [1.82, 2.24) is 4.98 Å². The fraction of sp³-hybridized carbons (Fsp3) is 0.118. The van der Waals surface area contributed by atoms with Gasteiger partial charge in [0.2, 0.25) is 0 Å². The van der Waals surface area contributed by atoms with Crippen LogP contribution in [0.2, 0.25) is 0 Å². The lowest BCUT2D eigenvalue weighted by molar-refractivity contribution is 0.628. The molecular weight excluding hydrogens is 283 g/mol. The van der Waals surface area contributed by atoms with Crippen LogP contribution in [0, 0.1) is 5.82 Å². The van der Waals surface area contributed by atoms with Gasteiger partial charge >= 0.3 is 0 Å². The SMILES string of the molecule is Fc1ccc(-c2csc(NCCc3ccccc3)n2)cc1. The summed E-state index contributed by atoms with van der Waals surface area (Å²) in [5.41, 5.74) is 3.12. The Morgan fingerprint density at radius 3 is 2.52 bits per heavy atom. The average Bonchev–Trinajstić information content (AvgIpc) is 2.98. The summed E-state index contributed by atoms with van der Waals surface area (Å²) in [4.78, 5) is 4.53. The van der Waals surface area contributed by atoms with E-state index in [0.29, 0.717) is 0 Å². The van der Waals surface area contributed by atoms with Crippen molar-refractivity contribution in [2.24, 2.45) is 0 Å². The molecule has 1 heterocycles. The molecule has 0 bridgehead atoms. The number of nitrogens with one attached hydrogen (secondary N) is 1. The maximum Gasteiger partial charge on any atom is 0.183 e. The molecule has 0 fully saturated rings. The highest BCUT2D eigenvalue weighted by Crippen LogP contribution is 2.24. The second kappa shape index (κ2) is 6.50. The first kappa shape index (κ1) is 13.8. The number of hydrogen-bond acceptors (Lipinski definition) is 3. The van der Waals surface area contributed by atoms with E-state index in [1.165, 1.54) is 17.7 Å². The van der Waals surface area contributed by atoms with Crippen molar-refractivity contribution < 1.29 is 4.39 Å². The maximum absolute atomic E-state index is 12.9. The monoisotopic (exact) mass is 298 g/mol. The molecule has 2 aromatic carbocycles. The van der Waals surface area contributed by atoms with Crippen molar-refractivity contribution in [3.63, 3.8) is 0 Å². The smallest absolute Gasteiger partial charge is 0.183 e. The number of thiazole rings is 1. The Kier molecular flexibility index (Phi) is 4.26. The maximum atomic E-state index is 12.9. The minimum absolute atomic E-state index is 0.227. The van der Waals surface area contributed by atoms with Crippen LogP contribution in [0.1, 0.15) is 5.56 Å². The highest BCUT2D eigenvalue weighted by atomic mass is 32.1. The molecule has 0 aliphatic heterocycles. The summed E-state index contributed by atoms with van der Waals surface area (Å²) in [6, 6.07) is 16.8. The Labute approximate surface area is 127 Å². The molecule has 21 heavy (non-hydrogen) atoms. The van der Waals surface area contributed by atoms with Crippen molar-refractivity contribution in [2.75, 3.05) is 11.9 Å². The van der Waals surface area contributed by atoms with Gasteiger partial charge in [-0.05, 0) is 36.2 Å². The second-order valence-corrected chi connectivity index (χ2v) is 5.57. The van der Waals surface area contributed by atoms with E-state index >= 15 is 0 Å². The van der Waals surface area contributed by atoms with E-state index in [4.69, 9.17) is 0 Å². The molecule has 106 valence electrons. The molecule has 1 aromatic heterocycles. The van der Waals surface area contributed by atoms with Gasteiger partial charge in [0.1, 0.15) is 5.82 Å². The van der Waals surface area contributed by atoms with Crippen LogP contribution in [0.25, 0.3) is 11.3 Å². The van der Waals surface area contributed by atoms with Crippen molar-refractivity contribution in [1.29, 1.82) is 0 Å². The van der Waals surface area contributed by atoms with Crippen molar-refractivity contribution in [3.05, 3.63) is 71.4 Å². The minimum Gasteiger partial charge on any atom is -0.361 e. The fourth-order valence-corrected chi connectivity index (χ4v) is 2.82. The van der Waals surface area contributed by atoms with E-state index in [9.17, 15) is 4.39 Å². The molecule has 0 aliphatic carbocycles. The second-order valence-electron chi connectivity index (χ2n) is 4.71. The molecule has 2 nitrogen and oxygen atoms in total. The Morgan fingerprint density at radius 2 is 1.76 bits per heavy atom. The third-order valence-electron chi connectivity index (χ3n) is 3.18. The van der Waals surface area contributed by atoms with Gasteiger partial charge in [-0.2, -0.15) is 0 Å². The van der Waals surface area contributed by atoms with Crippen LogP contribution < -0.4 is 5.32 Å². The van der Waals surface area contributed by atoms with Crippen LogP contribution in [-0.2, 0) is 6.42 Å². The normalized spacial score (nSPS) is 10.5. The zero-order chi connectivity index (χ0) is 14.5. The summed E-state index contributed by atoms with van der Waals surface area (Å²) < 4.78 is 12.9. The highest BCUT2D eigenvalue weighted by Gasteiger charge is 2.04. The summed E-state index contributed by atoms with van der Waals surface area (Å²) in [6.07, 6.45) is 0.965. The molecule has 0 amide bonds. The third kappa shape index (κ3) is 3.67. The summed E-state index contributed by atoms with van der Waals surface area (Å²) in [6.45, 7) is 0.848. The average molecular weight is 298 g/mol. The molecule has 0 unspecified atom stereocenters. The zero-order valence-corrected chi connectivity index (χ0v) is 12.2. The van der Waals surface area contributed by atoms with Crippen LogP contribution in [0.3, 0.4) is 0 Å². The van der Waals surface area contributed by atoms with Gasteiger partial charge in [0.05, 0.1) is 5.69 Å². The minimum atomic E-state index is -0.227. The topological polar surface area (TPSA) is 24.9 Å². The number of rotatable bonds is 5. The Balaban J connectivity index is 1.59. The molecule has 0 saturated carbocycles. The largest absolute Gasteiger partial charge is 0.361 e. The highest BCUT2D eigenvalue weighted by molar-refractivity contribution is 7.14. The first-order valence-electron chi connectivity index (χ1n) is 6.80. The number of anilines is 1. The van der Waals surface area contributed by atoms with Crippen LogP contribution >= 0.6 is 11.3 Å². The van der Waals surface area contributed by atoms with Gasteiger partial charge in [-0.25, -0.2) is 9.37 Å². The first-order chi connectivity index (χ1) is 10.3. The summed E-state index contributed by atoms with van der Waals surface area (Å²) >= 11 is 1.57. The zero-order valence-electron chi connectivity index (χ0n) is 11.4. The van der Waals surface area contributed by atoms with Gasteiger partial charge in [-0.15, -0.1) is 11.3 Å². The predicted molar refractivity (Wildman–Crippen MR) is 86.1 cm³/mol. The van der Waals surface area contributed by atoms with E-state index in [-0.39, 0.29) is 5.82 Å². The van der Waals surface area contributed by atoms with Gasteiger partial charge in [-0.1, -0.05) is 30.3 Å². The van der Waals surface area contributed by atoms with Gasteiger partial charge < -0.3 is 5.32 Å². The number of nitrogens with zero attached hydrogens (tertiary/aromatic N) is 1. The van der Waals surface area contributed by atoms with Gasteiger partial charge in [0.25, 0.3) is 0 Å². The molecule has 0 saturated heterocycles. The van der Waals surface area contributed by atoms with Crippen molar-refractivity contribution in [2.45, 2.75) is 6.42 Å². The lowest BCUT2D eigenvalue weighted by atomic mass is 10.1. The van der Waals surface area contributed by atoms with E-state index in [1.54, 1.807) is 23.5 Å². The van der Waals surface area contributed by atoms with E-state index in [2.05, 4.69) is 22.4 Å². The standard InChI is InChI=1S/C17H15FN2S/c18-15-8-6-14(7-9-15)16-12-21-17(20-16)19-11-10-13-4-2-1-3-5-13/h1-9,12H,10-11H2,(H,19,20). The van der Waals surface area contributed by atoms with Crippen LogP contribution in [-0.4, -0.2) is 11.5 Å². The van der Waals surface area contributed by atoms with Crippen molar-refractivity contribution >= 4 is 16.5 Å². The van der Waals surface area contributed by atoms with Crippen LogP contribution in [0.4, 0.5) is 9.52 Å². The number of aromatic nitrogens is 1. The first-order valence-corrected chi connectivity index (χ1v) is 7.68. The van der Waals surface area contributed by atoms with E-state index in [1.807, 2.05) is 23.6 Å². The van der Waals surface area contributed by atoms with E-state index < -0.39 is 0 Å². The molecule has 1 N–H and O–H groups in total. The third-order valence-corrected chi connectivity index (χ3v) is 3.98. The van der Waals surface area contributed by atoms with Crippen LogP contribution in [0.15, 0.2) is 60.0 Å². The molecular formula is C17H15FN2S. The van der Waals surface area contributed by atoms with Gasteiger partial charge in [0.15, 0.2) is 5.13 Å². The Bertz CT molecular complexity index is 692. The molecule has 0 radical (unpaired) electrons. The van der Waals surface area contributed by atoms with Crippen LogP contribution in [0.5, 0.6) is 0 Å². The summed E-state index contributed by atoms with van der Waals surface area (Å²) in [5.74, 6) is -0.227.